The molecule has 1 unspecified atom stereocenters. The lowest BCUT2D eigenvalue weighted by molar-refractivity contribution is 0.298. The first-order valence-electron chi connectivity index (χ1n) is 7.03. The van der Waals surface area contributed by atoms with Gasteiger partial charge < -0.3 is 0 Å². The van der Waals surface area contributed by atoms with Crippen LogP contribution >= 0.6 is 0 Å². The molecule has 1 atom stereocenters. The van der Waals surface area contributed by atoms with Gasteiger partial charge in [-0.1, -0.05) is 32.1 Å². The first-order valence-corrected chi connectivity index (χ1v) is 7.03. The summed E-state index contributed by atoms with van der Waals surface area (Å²) in [5, 5.41) is 0. The minimum absolute atomic E-state index is 0.234. The summed E-state index contributed by atoms with van der Waals surface area (Å²) in [6, 6.07) is 2.29. The number of hydrogen-bond donors (Lipinski definition) is 2. The number of hydrazine groups is 1. The molecule has 0 aliphatic heterocycles. The zero-order valence-corrected chi connectivity index (χ0v) is 11.4. The molecule has 0 heterocycles. The third kappa shape index (κ3) is 3.51. The average Bonchev–Trinajstić information content (AvgIpc) is 2.42. The van der Waals surface area contributed by atoms with E-state index in [9.17, 15) is 8.78 Å². The fourth-order valence-electron chi connectivity index (χ4n) is 2.99. The summed E-state index contributed by atoms with van der Waals surface area (Å²) < 4.78 is 27.2. The standard InChI is InChI=1S/C15H22F2N2/c1-10-7-12(14(17)9-13(10)16)15(19-18)8-11-5-3-2-4-6-11/h7,9,11,15,19H,2-6,8,18H2,1H3. The lowest BCUT2D eigenvalue weighted by Gasteiger charge is -2.26. The molecule has 0 spiro atoms. The van der Waals surface area contributed by atoms with Gasteiger partial charge in [0.05, 0.1) is 0 Å². The Kier molecular flexibility index (Phi) is 4.88. The molecule has 0 radical (unpaired) electrons. The van der Waals surface area contributed by atoms with E-state index in [2.05, 4.69) is 5.43 Å². The van der Waals surface area contributed by atoms with Gasteiger partial charge in [0.2, 0.25) is 0 Å². The monoisotopic (exact) mass is 268 g/mol. The van der Waals surface area contributed by atoms with Gasteiger partial charge in [-0.2, -0.15) is 0 Å². The molecule has 1 fully saturated rings. The second-order valence-corrected chi connectivity index (χ2v) is 5.58. The summed E-state index contributed by atoms with van der Waals surface area (Å²) >= 11 is 0. The van der Waals surface area contributed by atoms with Crippen molar-refractivity contribution in [2.24, 2.45) is 11.8 Å². The van der Waals surface area contributed by atoms with Crippen LogP contribution in [0.3, 0.4) is 0 Å². The van der Waals surface area contributed by atoms with Crippen LogP contribution in [0.15, 0.2) is 12.1 Å². The van der Waals surface area contributed by atoms with E-state index in [4.69, 9.17) is 5.84 Å². The average molecular weight is 268 g/mol. The smallest absolute Gasteiger partial charge is 0.130 e. The van der Waals surface area contributed by atoms with Gasteiger partial charge in [-0.05, 0) is 30.9 Å². The third-order valence-electron chi connectivity index (χ3n) is 4.15. The van der Waals surface area contributed by atoms with E-state index in [0.29, 0.717) is 17.0 Å². The summed E-state index contributed by atoms with van der Waals surface area (Å²) in [5.41, 5.74) is 3.63. The molecule has 1 aliphatic rings. The molecular formula is C15H22F2N2. The van der Waals surface area contributed by atoms with Crippen LogP contribution in [0.5, 0.6) is 0 Å². The van der Waals surface area contributed by atoms with Crippen LogP contribution in [0.4, 0.5) is 8.78 Å². The number of nitrogens with two attached hydrogens (primary N) is 1. The van der Waals surface area contributed by atoms with E-state index >= 15 is 0 Å². The zero-order chi connectivity index (χ0) is 13.8. The van der Waals surface area contributed by atoms with Crippen LogP contribution in [-0.4, -0.2) is 0 Å². The van der Waals surface area contributed by atoms with Crippen LogP contribution in [-0.2, 0) is 0 Å². The van der Waals surface area contributed by atoms with Crippen molar-refractivity contribution in [1.29, 1.82) is 0 Å². The van der Waals surface area contributed by atoms with Gasteiger partial charge in [0, 0.05) is 17.7 Å². The molecule has 0 bridgehead atoms. The normalized spacial score (nSPS) is 18.5. The Morgan fingerprint density at radius 1 is 1.21 bits per heavy atom. The van der Waals surface area contributed by atoms with E-state index in [1.54, 1.807) is 13.0 Å². The Bertz CT molecular complexity index is 428. The van der Waals surface area contributed by atoms with E-state index in [1.165, 1.54) is 32.1 Å². The topological polar surface area (TPSA) is 38.0 Å². The molecule has 1 aliphatic carbocycles. The highest BCUT2D eigenvalue weighted by Crippen LogP contribution is 2.32. The van der Waals surface area contributed by atoms with Crippen LogP contribution < -0.4 is 11.3 Å². The predicted molar refractivity (Wildman–Crippen MR) is 72.4 cm³/mol. The second-order valence-electron chi connectivity index (χ2n) is 5.58. The number of aryl methyl sites for hydroxylation is 1. The fourth-order valence-corrected chi connectivity index (χ4v) is 2.99. The number of hydrogen-bond acceptors (Lipinski definition) is 2. The predicted octanol–water partition coefficient (Wildman–Crippen LogP) is 3.75. The molecule has 0 saturated heterocycles. The largest absolute Gasteiger partial charge is 0.271 e. The first-order chi connectivity index (χ1) is 9.11. The highest BCUT2D eigenvalue weighted by atomic mass is 19.1. The van der Waals surface area contributed by atoms with E-state index in [-0.39, 0.29) is 6.04 Å². The number of benzene rings is 1. The lowest BCUT2D eigenvalue weighted by atomic mass is 9.83. The van der Waals surface area contributed by atoms with E-state index in [0.717, 1.165) is 12.5 Å². The maximum Gasteiger partial charge on any atom is 0.130 e. The molecule has 2 nitrogen and oxygen atoms in total. The minimum atomic E-state index is -0.512. The highest BCUT2D eigenvalue weighted by Gasteiger charge is 2.22. The van der Waals surface area contributed by atoms with Gasteiger partial charge in [0.15, 0.2) is 0 Å². The molecule has 0 amide bonds. The SMILES string of the molecule is Cc1cc(C(CC2CCCCC2)NN)c(F)cc1F. The molecule has 19 heavy (non-hydrogen) atoms. The Balaban J connectivity index is 2.14. The Hall–Kier alpha value is -1.00. The summed E-state index contributed by atoms with van der Waals surface area (Å²) in [5.74, 6) is 5.13. The van der Waals surface area contributed by atoms with Crippen LogP contribution in [0.2, 0.25) is 0 Å². The number of halogens is 2. The lowest BCUT2D eigenvalue weighted by Crippen LogP contribution is -2.31. The maximum atomic E-state index is 13.9. The van der Waals surface area contributed by atoms with Crippen LogP contribution in [0.25, 0.3) is 0 Å². The van der Waals surface area contributed by atoms with E-state index in [1.807, 2.05) is 0 Å². The molecule has 4 heteroatoms. The van der Waals surface area contributed by atoms with E-state index < -0.39 is 11.6 Å². The molecule has 1 aromatic rings. The van der Waals surface area contributed by atoms with Gasteiger partial charge in [-0.3, -0.25) is 11.3 Å². The Morgan fingerprint density at radius 3 is 2.53 bits per heavy atom. The summed E-state index contributed by atoms with van der Waals surface area (Å²) in [6.07, 6.45) is 6.96. The van der Waals surface area contributed by atoms with Crippen molar-refractivity contribution in [2.45, 2.75) is 51.5 Å². The highest BCUT2D eigenvalue weighted by molar-refractivity contribution is 5.28. The Labute approximate surface area is 113 Å². The summed E-state index contributed by atoms with van der Waals surface area (Å²) in [4.78, 5) is 0. The van der Waals surface area contributed by atoms with Crippen molar-refractivity contribution in [3.05, 3.63) is 34.9 Å². The second kappa shape index (κ2) is 6.44. The minimum Gasteiger partial charge on any atom is -0.271 e. The van der Waals surface area contributed by atoms with Crippen LogP contribution in [0, 0.1) is 24.5 Å². The molecule has 106 valence electrons. The molecule has 3 N–H and O–H groups in total. The van der Waals surface area contributed by atoms with Crippen LogP contribution in [0.1, 0.15) is 55.7 Å². The first kappa shape index (κ1) is 14.4. The van der Waals surface area contributed by atoms with Gasteiger partial charge >= 0.3 is 0 Å². The van der Waals surface area contributed by atoms with Crippen molar-refractivity contribution in [1.82, 2.24) is 5.43 Å². The Morgan fingerprint density at radius 2 is 1.89 bits per heavy atom. The van der Waals surface area contributed by atoms with Crippen molar-refractivity contribution in [3.8, 4) is 0 Å². The summed E-state index contributed by atoms with van der Waals surface area (Å²) in [6.45, 7) is 1.65. The molecule has 0 aromatic heterocycles. The molecular weight excluding hydrogens is 246 g/mol. The van der Waals surface area contributed by atoms with Gasteiger partial charge in [0.1, 0.15) is 11.6 Å². The number of nitrogens with one attached hydrogen (secondary N) is 1. The molecule has 1 saturated carbocycles. The van der Waals surface area contributed by atoms with Gasteiger partial charge in [-0.25, -0.2) is 8.78 Å². The van der Waals surface area contributed by atoms with Crippen molar-refractivity contribution >= 4 is 0 Å². The molecule has 1 aromatic carbocycles. The quantitative estimate of drug-likeness (QED) is 0.644. The maximum absolute atomic E-state index is 13.9. The zero-order valence-electron chi connectivity index (χ0n) is 11.4. The van der Waals surface area contributed by atoms with Crippen molar-refractivity contribution in [3.63, 3.8) is 0 Å². The molecule has 2 rings (SSSR count). The van der Waals surface area contributed by atoms with Gasteiger partial charge in [-0.15, -0.1) is 0 Å². The summed E-state index contributed by atoms with van der Waals surface area (Å²) in [7, 11) is 0. The van der Waals surface area contributed by atoms with Crippen molar-refractivity contribution < 1.29 is 8.78 Å². The number of rotatable bonds is 4. The third-order valence-corrected chi connectivity index (χ3v) is 4.15. The van der Waals surface area contributed by atoms with Crippen molar-refractivity contribution in [2.75, 3.05) is 0 Å². The van der Waals surface area contributed by atoms with Gasteiger partial charge in [0.25, 0.3) is 0 Å². The fraction of sp³-hybridized carbons (Fsp3) is 0.600.